The minimum atomic E-state index is 0.0985. The molecule has 0 N–H and O–H groups in total. The number of carbonyl (C=O) groups is 1. The summed E-state index contributed by atoms with van der Waals surface area (Å²) < 4.78 is 5.28. The Labute approximate surface area is 105 Å². The maximum Gasteiger partial charge on any atom is 0.248 e. The van der Waals surface area contributed by atoms with Crippen molar-refractivity contribution >= 4 is 5.91 Å². The molecule has 0 radical (unpaired) electrons. The third-order valence-corrected chi connectivity index (χ3v) is 3.39. The Morgan fingerprint density at radius 3 is 2.88 bits per heavy atom. The lowest BCUT2D eigenvalue weighted by atomic mass is 10.2. The first-order valence-electron chi connectivity index (χ1n) is 6.74. The quantitative estimate of drug-likeness (QED) is 0.632. The highest BCUT2D eigenvalue weighted by atomic mass is 16.5. The minimum Gasteiger partial charge on any atom is -0.372 e. The zero-order valence-corrected chi connectivity index (χ0v) is 11.4. The summed E-state index contributed by atoms with van der Waals surface area (Å²) in [6.07, 6.45) is 3.43. The van der Waals surface area contributed by atoms with E-state index in [-0.39, 0.29) is 12.5 Å². The van der Waals surface area contributed by atoms with E-state index >= 15 is 0 Å². The maximum absolute atomic E-state index is 11.8. The van der Waals surface area contributed by atoms with Crippen LogP contribution in [-0.4, -0.2) is 61.6 Å². The van der Waals surface area contributed by atoms with Gasteiger partial charge >= 0.3 is 0 Å². The van der Waals surface area contributed by atoms with Crippen LogP contribution in [-0.2, 0) is 9.53 Å². The van der Waals surface area contributed by atoms with E-state index < -0.39 is 0 Å². The van der Waals surface area contributed by atoms with Gasteiger partial charge in [-0.05, 0) is 32.4 Å². The summed E-state index contributed by atoms with van der Waals surface area (Å²) in [7, 11) is 1.88. The molecule has 0 saturated carbocycles. The summed E-state index contributed by atoms with van der Waals surface area (Å²) in [5.74, 6) is 0.0985. The highest BCUT2D eigenvalue weighted by Crippen LogP contribution is 2.17. The van der Waals surface area contributed by atoms with Crippen LogP contribution in [0.5, 0.6) is 0 Å². The molecule has 1 aliphatic heterocycles. The van der Waals surface area contributed by atoms with Gasteiger partial charge in [-0.1, -0.05) is 13.8 Å². The number of likely N-dealkylation sites (tertiary alicyclic amines) is 1. The van der Waals surface area contributed by atoms with Gasteiger partial charge in [-0.2, -0.15) is 0 Å². The number of hydrogen-bond donors (Lipinski definition) is 0. The molecule has 0 aromatic heterocycles. The Bertz CT molecular complexity index is 233. The van der Waals surface area contributed by atoms with Gasteiger partial charge in [-0.25, -0.2) is 0 Å². The van der Waals surface area contributed by atoms with Gasteiger partial charge in [0, 0.05) is 26.2 Å². The van der Waals surface area contributed by atoms with E-state index in [1.165, 1.54) is 19.4 Å². The highest BCUT2D eigenvalue weighted by Gasteiger charge is 2.25. The van der Waals surface area contributed by atoms with Gasteiger partial charge in [0.2, 0.25) is 5.91 Å². The number of likely N-dealkylation sites (N-methyl/N-ethyl adjacent to an activating group) is 2. The summed E-state index contributed by atoms with van der Waals surface area (Å²) in [4.78, 5) is 16.1. The summed E-state index contributed by atoms with van der Waals surface area (Å²) >= 11 is 0. The first-order valence-corrected chi connectivity index (χ1v) is 6.74. The molecule has 1 amide bonds. The summed E-state index contributed by atoms with van der Waals surface area (Å²) in [6.45, 7) is 8.22. The number of rotatable bonds is 7. The summed E-state index contributed by atoms with van der Waals surface area (Å²) in [5, 5.41) is 0. The van der Waals surface area contributed by atoms with Gasteiger partial charge in [0.05, 0.1) is 0 Å². The Hall–Kier alpha value is -0.610. The van der Waals surface area contributed by atoms with Crippen molar-refractivity contribution in [2.45, 2.75) is 39.2 Å². The van der Waals surface area contributed by atoms with E-state index in [0.717, 1.165) is 19.5 Å². The Balaban J connectivity index is 2.27. The number of carbonyl (C=O) groups excluding carboxylic acids is 1. The molecule has 1 atom stereocenters. The Kier molecular flexibility index (Phi) is 6.52. The molecule has 4 heteroatoms. The van der Waals surface area contributed by atoms with Crippen LogP contribution >= 0.6 is 0 Å². The van der Waals surface area contributed by atoms with Gasteiger partial charge in [0.1, 0.15) is 6.61 Å². The molecule has 1 fully saturated rings. The molecule has 17 heavy (non-hydrogen) atoms. The molecule has 0 aliphatic carbocycles. The normalized spacial score (nSPS) is 20.8. The lowest BCUT2D eigenvalue weighted by Crippen LogP contribution is -2.42. The van der Waals surface area contributed by atoms with Gasteiger partial charge in [-0.3, -0.25) is 9.69 Å². The molecule has 0 aromatic carbocycles. The van der Waals surface area contributed by atoms with E-state index in [0.29, 0.717) is 12.6 Å². The van der Waals surface area contributed by atoms with Crippen LogP contribution in [0.3, 0.4) is 0 Å². The van der Waals surface area contributed by atoms with Crippen molar-refractivity contribution in [3.63, 3.8) is 0 Å². The number of ether oxygens (including phenoxy) is 1. The van der Waals surface area contributed by atoms with Gasteiger partial charge in [-0.15, -0.1) is 0 Å². The van der Waals surface area contributed by atoms with Crippen LogP contribution in [0.2, 0.25) is 0 Å². The molecule has 0 bridgehead atoms. The van der Waals surface area contributed by atoms with E-state index in [4.69, 9.17) is 4.74 Å². The predicted molar refractivity (Wildman–Crippen MR) is 69.0 cm³/mol. The smallest absolute Gasteiger partial charge is 0.248 e. The second-order valence-corrected chi connectivity index (χ2v) is 4.75. The van der Waals surface area contributed by atoms with Crippen LogP contribution in [0.4, 0.5) is 0 Å². The molecule has 1 unspecified atom stereocenters. The summed E-state index contributed by atoms with van der Waals surface area (Å²) in [5.41, 5.74) is 0. The third-order valence-electron chi connectivity index (χ3n) is 3.39. The highest BCUT2D eigenvalue weighted by molar-refractivity contribution is 5.77. The maximum atomic E-state index is 11.8. The largest absolute Gasteiger partial charge is 0.372 e. The van der Waals surface area contributed by atoms with Crippen molar-refractivity contribution in [1.29, 1.82) is 0 Å². The zero-order chi connectivity index (χ0) is 12.7. The van der Waals surface area contributed by atoms with E-state index in [1.807, 2.05) is 18.9 Å². The van der Waals surface area contributed by atoms with Crippen LogP contribution in [0.15, 0.2) is 0 Å². The molecule has 0 aromatic rings. The number of hydrogen-bond acceptors (Lipinski definition) is 3. The van der Waals surface area contributed by atoms with Crippen LogP contribution in [0.25, 0.3) is 0 Å². The fraction of sp³-hybridized carbons (Fsp3) is 0.923. The second-order valence-electron chi connectivity index (χ2n) is 4.75. The first kappa shape index (κ1) is 14.5. The molecular formula is C13H26N2O2. The average Bonchev–Trinajstić information content (AvgIpc) is 2.76. The van der Waals surface area contributed by atoms with Crippen LogP contribution in [0.1, 0.15) is 33.1 Å². The average molecular weight is 242 g/mol. The van der Waals surface area contributed by atoms with Crippen LogP contribution in [0, 0.1) is 0 Å². The molecule has 4 nitrogen and oxygen atoms in total. The summed E-state index contributed by atoms with van der Waals surface area (Å²) in [6, 6.07) is 0.542. The zero-order valence-electron chi connectivity index (χ0n) is 11.4. The van der Waals surface area contributed by atoms with Crippen molar-refractivity contribution in [3.8, 4) is 0 Å². The van der Waals surface area contributed by atoms with Gasteiger partial charge in [0.15, 0.2) is 0 Å². The molecule has 1 aliphatic rings. The van der Waals surface area contributed by atoms with E-state index in [9.17, 15) is 4.79 Å². The predicted octanol–water partition coefficient (Wildman–Crippen LogP) is 1.36. The third kappa shape index (κ3) is 4.64. The Morgan fingerprint density at radius 2 is 2.24 bits per heavy atom. The fourth-order valence-electron chi connectivity index (χ4n) is 2.35. The molecule has 1 rings (SSSR count). The van der Waals surface area contributed by atoms with Crippen molar-refractivity contribution in [2.75, 3.05) is 39.9 Å². The lowest BCUT2D eigenvalue weighted by molar-refractivity contribution is -0.135. The number of amides is 1. The first-order chi connectivity index (χ1) is 8.19. The molecule has 100 valence electrons. The lowest BCUT2D eigenvalue weighted by Gasteiger charge is -2.27. The van der Waals surface area contributed by atoms with Crippen LogP contribution < -0.4 is 0 Å². The SMILES string of the molecule is CCCOCC(=O)N(C)CC1CCCN1CC. The second kappa shape index (κ2) is 7.67. The number of nitrogens with zero attached hydrogens (tertiary/aromatic N) is 2. The van der Waals surface area contributed by atoms with Crippen molar-refractivity contribution in [1.82, 2.24) is 9.80 Å². The minimum absolute atomic E-state index is 0.0985. The standard InChI is InChI=1S/C13H26N2O2/c1-4-9-17-11-13(16)14(3)10-12-7-6-8-15(12)5-2/h12H,4-11H2,1-3H3. The molecule has 0 spiro atoms. The van der Waals surface area contributed by atoms with Gasteiger partial charge < -0.3 is 9.64 Å². The van der Waals surface area contributed by atoms with E-state index in [1.54, 1.807) is 0 Å². The molecular weight excluding hydrogens is 216 g/mol. The van der Waals surface area contributed by atoms with Crippen molar-refractivity contribution in [3.05, 3.63) is 0 Å². The van der Waals surface area contributed by atoms with Gasteiger partial charge in [0.25, 0.3) is 0 Å². The van der Waals surface area contributed by atoms with Crippen molar-refractivity contribution in [2.24, 2.45) is 0 Å². The monoisotopic (exact) mass is 242 g/mol. The van der Waals surface area contributed by atoms with Crippen molar-refractivity contribution < 1.29 is 9.53 Å². The van der Waals surface area contributed by atoms with E-state index in [2.05, 4.69) is 11.8 Å². The topological polar surface area (TPSA) is 32.8 Å². The fourth-order valence-corrected chi connectivity index (χ4v) is 2.35. The molecule has 1 saturated heterocycles. The Morgan fingerprint density at radius 1 is 1.47 bits per heavy atom. The molecule has 1 heterocycles.